The lowest BCUT2D eigenvalue weighted by molar-refractivity contribution is 0.962. The van der Waals surface area contributed by atoms with E-state index in [2.05, 4.69) is 9.97 Å². The Hall–Kier alpha value is -1.91. The molecule has 5 heteroatoms. The predicted octanol–water partition coefficient (Wildman–Crippen LogP) is -0.000360. The van der Waals surface area contributed by atoms with E-state index in [1.165, 1.54) is 0 Å². The molecule has 0 saturated carbocycles. The fourth-order valence-corrected chi connectivity index (χ4v) is 1.23. The highest BCUT2D eigenvalue weighted by Gasteiger charge is 2.01. The average Bonchev–Trinajstić information content (AvgIpc) is 2.11. The first-order valence-electron chi connectivity index (χ1n) is 4.17. The van der Waals surface area contributed by atoms with E-state index in [0.717, 1.165) is 0 Å². The molecule has 0 aliphatic carbocycles. The van der Waals surface area contributed by atoms with Gasteiger partial charge in [0.1, 0.15) is 0 Å². The van der Waals surface area contributed by atoms with Crippen LogP contribution in [0.25, 0.3) is 5.78 Å². The molecule has 2 heterocycles. The standard InChI is InChI=1S/C9H9N3O2/c1-5-3-12-4-6(2)8(14)11-9(12)10-7(5)13/h3-4H,1-2H3,(H,10,11,13,14). The van der Waals surface area contributed by atoms with E-state index in [1.54, 1.807) is 30.6 Å². The first-order valence-corrected chi connectivity index (χ1v) is 4.17. The summed E-state index contributed by atoms with van der Waals surface area (Å²) in [7, 11) is 0. The van der Waals surface area contributed by atoms with Gasteiger partial charge in [0, 0.05) is 23.5 Å². The van der Waals surface area contributed by atoms with Crippen molar-refractivity contribution in [3.8, 4) is 0 Å². The number of aromatic amines is 1. The molecule has 1 N–H and O–H groups in total. The van der Waals surface area contributed by atoms with Crippen molar-refractivity contribution in [2.24, 2.45) is 0 Å². The zero-order valence-electron chi connectivity index (χ0n) is 7.87. The zero-order valence-corrected chi connectivity index (χ0v) is 7.87. The normalized spacial score (nSPS) is 10.7. The molecule has 0 atom stereocenters. The highest BCUT2D eigenvalue weighted by Crippen LogP contribution is 1.94. The van der Waals surface area contributed by atoms with E-state index >= 15 is 0 Å². The third kappa shape index (κ3) is 1.22. The van der Waals surface area contributed by atoms with Crippen LogP contribution in [-0.4, -0.2) is 14.4 Å². The number of aromatic nitrogens is 3. The summed E-state index contributed by atoms with van der Waals surface area (Å²) in [5.41, 5.74) is 0.599. The topological polar surface area (TPSA) is 67.2 Å². The lowest BCUT2D eigenvalue weighted by Gasteiger charge is -2.01. The molecule has 2 aromatic rings. The monoisotopic (exact) mass is 191 g/mol. The first kappa shape index (κ1) is 8.68. The summed E-state index contributed by atoms with van der Waals surface area (Å²) in [6, 6.07) is 0. The van der Waals surface area contributed by atoms with Crippen LogP contribution in [0.15, 0.2) is 22.0 Å². The van der Waals surface area contributed by atoms with Crippen molar-refractivity contribution < 1.29 is 0 Å². The minimum atomic E-state index is -0.315. The minimum Gasteiger partial charge on any atom is -0.293 e. The maximum atomic E-state index is 11.2. The zero-order chi connectivity index (χ0) is 10.3. The SMILES string of the molecule is Cc1cn2cc(C)c(=O)[nH]c2nc1=O. The quantitative estimate of drug-likeness (QED) is 0.637. The highest BCUT2D eigenvalue weighted by molar-refractivity contribution is 5.29. The summed E-state index contributed by atoms with van der Waals surface area (Å²) in [4.78, 5) is 28.7. The number of hydrogen-bond donors (Lipinski definition) is 1. The summed E-state index contributed by atoms with van der Waals surface area (Å²) < 4.78 is 1.63. The van der Waals surface area contributed by atoms with Gasteiger partial charge in [-0.2, -0.15) is 4.98 Å². The van der Waals surface area contributed by atoms with E-state index in [9.17, 15) is 9.59 Å². The molecule has 2 aromatic heterocycles. The van der Waals surface area contributed by atoms with Crippen LogP contribution in [-0.2, 0) is 0 Å². The van der Waals surface area contributed by atoms with Crippen molar-refractivity contribution in [1.29, 1.82) is 0 Å². The smallest absolute Gasteiger partial charge is 0.277 e. The Balaban J connectivity index is 2.97. The van der Waals surface area contributed by atoms with Crippen molar-refractivity contribution >= 4 is 5.78 Å². The summed E-state index contributed by atoms with van der Waals surface area (Å²) in [5.74, 6) is 0.274. The van der Waals surface area contributed by atoms with Crippen molar-refractivity contribution in [2.75, 3.05) is 0 Å². The van der Waals surface area contributed by atoms with Gasteiger partial charge in [0.25, 0.3) is 11.1 Å². The molecule has 14 heavy (non-hydrogen) atoms. The third-order valence-corrected chi connectivity index (χ3v) is 2.04. The molecule has 0 aliphatic rings. The Morgan fingerprint density at radius 3 is 2.57 bits per heavy atom. The van der Waals surface area contributed by atoms with Crippen LogP contribution >= 0.6 is 0 Å². The second-order valence-corrected chi connectivity index (χ2v) is 3.23. The molecule has 72 valence electrons. The average molecular weight is 191 g/mol. The number of H-pyrrole nitrogens is 1. The van der Waals surface area contributed by atoms with Gasteiger partial charge >= 0.3 is 0 Å². The molecule has 0 saturated heterocycles. The number of hydrogen-bond acceptors (Lipinski definition) is 3. The van der Waals surface area contributed by atoms with Crippen molar-refractivity contribution in [2.45, 2.75) is 13.8 Å². The molecule has 0 fully saturated rings. The molecule has 0 radical (unpaired) electrons. The number of fused-ring (bicyclic) bond motifs is 1. The fourth-order valence-electron chi connectivity index (χ4n) is 1.23. The van der Waals surface area contributed by atoms with E-state index in [0.29, 0.717) is 11.1 Å². The van der Waals surface area contributed by atoms with Gasteiger partial charge < -0.3 is 0 Å². The van der Waals surface area contributed by atoms with E-state index in [1.807, 2.05) is 0 Å². The van der Waals surface area contributed by atoms with Crippen molar-refractivity contribution in [1.82, 2.24) is 14.4 Å². The highest BCUT2D eigenvalue weighted by atomic mass is 16.1. The number of nitrogens with zero attached hydrogens (tertiary/aromatic N) is 2. The summed E-state index contributed by atoms with van der Waals surface area (Å²) in [6.07, 6.45) is 3.29. The third-order valence-electron chi connectivity index (χ3n) is 2.04. The molecule has 0 amide bonds. The van der Waals surface area contributed by atoms with Gasteiger partial charge in [0.05, 0.1) is 0 Å². The van der Waals surface area contributed by atoms with Gasteiger partial charge in [0.2, 0.25) is 5.78 Å². The van der Waals surface area contributed by atoms with Crippen LogP contribution in [0.1, 0.15) is 11.1 Å². The lowest BCUT2D eigenvalue weighted by atomic mass is 10.3. The Bertz CT molecular complexity index is 559. The molecular formula is C9H9N3O2. The van der Waals surface area contributed by atoms with Gasteiger partial charge in [-0.15, -0.1) is 0 Å². The summed E-state index contributed by atoms with van der Waals surface area (Å²) in [5, 5.41) is 0. The van der Waals surface area contributed by atoms with Gasteiger partial charge in [-0.25, -0.2) is 0 Å². The van der Waals surface area contributed by atoms with Gasteiger partial charge in [-0.05, 0) is 13.8 Å². The largest absolute Gasteiger partial charge is 0.293 e. The summed E-state index contributed by atoms with van der Waals surface area (Å²) in [6.45, 7) is 3.38. The molecule has 0 bridgehead atoms. The predicted molar refractivity (Wildman–Crippen MR) is 51.6 cm³/mol. The molecule has 0 spiro atoms. The maximum absolute atomic E-state index is 11.2. The lowest BCUT2D eigenvalue weighted by Crippen LogP contribution is -2.19. The van der Waals surface area contributed by atoms with Gasteiger partial charge in [-0.1, -0.05) is 0 Å². The Labute approximate surface area is 79.1 Å². The molecular weight excluding hydrogens is 182 g/mol. The fraction of sp³-hybridized carbons (Fsp3) is 0.222. The van der Waals surface area contributed by atoms with Gasteiger partial charge in [-0.3, -0.25) is 19.0 Å². The number of aryl methyl sites for hydroxylation is 2. The summed E-state index contributed by atoms with van der Waals surface area (Å²) >= 11 is 0. The van der Waals surface area contributed by atoms with Crippen LogP contribution in [0.4, 0.5) is 0 Å². The van der Waals surface area contributed by atoms with E-state index in [4.69, 9.17) is 0 Å². The van der Waals surface area contributed by atoms with Crippen LogP contribution in [0.5, 0.6) is 0 Å². The van der Waals surface area contributed by atoms with Crippen LogP contribution in [0.2, 0.25) is 0 Å². The molecule has 0 aliphatic heterocycles. The van der Waals surface area contributed by atoms with Crippen molar-refractivity contribution in [3.63, 3.8) is 0 Å². The number of rotatable bonds is 0. The number of nitrogens with one attached hydrogen (secondary N) is 1. The minimum absolute atomic E-state index is 0.222. The van der Waals surface area contributed by atoms with Crippen molar-refractivity contribution in [3.05, 3.63) is 44.2 Å². The Morgan fingerprint density at radius 2 is 1.86 bits per heavy atom. The maximum Gasteiger partial charge on any atom is 0.277 e. The second kappa shape index (κ2) is 2.80. The molecule has 2 rings (SSSR count). The molecule has 0 aromatic carbocycles. The molecule has 0 unspecified atom stereocenters. The molecule has 5 nitrogen and oxygen atoms in total. The van der Waals surface area contributed by atoms with Crippen LogP contribution in [0.3, 0.4) is 0 Å². The Morgan fingerprint density at radius 1 is 1.21 bits per heavy atom. The van der Waals surface area contributed by atoms with Gasteiger partial charge in [0.15, 0.2) is 0 Å². The Kier molecular flexibility index (Phi) is 1.73. The first-order chi connectivity index (χ1) is 6.58. The van der Waals surface area contributed by atoms with Crippen LogP contribution in [0, 0.1) is 13.8 Å². The van der Waals surface area contributed by atoms with E-state index in [-0.39, 0.29) is 16.9 Å². The van der Waals surface area contributed by atoms with Crippen LogP contribution < -0.4 is 11.1 Å². The van der Waals surface area contributed by atoms with E-state index < -0.39 is 0 Å². The second-order valence-electron chi connectivity index (χ2n) is 3.23.